The van der Waals surface area contributed by atoms with Gasteiger partial charge >= 0.3 is 0 Å². The van der Waals surface area contributed by atoms with Crippen LogP contribution in [0.3, 0.4) is 0 Å². The summed E-state index contributed by atoms with van der Waals surface area (Å²) in [5.74, 6) is 3.31. The van der Waals surface area contributed by atoms with Crippen molar-refractivity contribution in [3.63, 3.8) is 0 Å². The second-order valence-corrected chi connectivity index (χ2v) is 14.8. The largest absolute Gasteiger partial charge is 0.496 e. The number of aryl methyl sites for hydroxylation is 1. The molecule has 4 saturated carbocycles. The molecule has 0 saturated heterocycles. The lowest BCUT2D eigenvalue weighted by molar-refractivity contribution is -0.120. The number of sulfonamides is 1. The quantitative estimate of drug-likeness (QED) is 0.400. The molecule has 0 heterocycles. The van der Waals surface area contributed by atoms with Crippen LogP contribution in [0.25, 0.3) is 0 Å². The molecule has 1 N–H and O–H groups in total. The zero-order valence-corrected chi connectivity index (χ0v) is 25.1. The van der Waals surface area contributed by atoms with E-state index in [1.165, 1.54) is 54.6 Å². The summed E-state index contributed by atoms with van der Waals surface area (Å²) in [6.07, 6.45) is 9.12. The van der Waals surface area contributed by atoms with Crippen LogP contribution in [0, 0.1) is 24.7 Å². The van der Waals surface area contributed by atoms with E-state index in [0.717, 1.165) is 40.2 Å². The highest BCUT2D eigenvalue weighted by Crippen LogP contribution is 2.60. The second kappa shape index (κ2) is 10.5. The molecular formula is C32H44N2O4S. The van der Waals surface area contributed by atoms with E-state index in [1.807, 2.05) is 32.0 Å². The molecule has 0 aromatic heterocycles. The third kappa shape index (κ3) is 5.57. The molecule has 2 aromatic rings. The number of anilines is 1. The van der Waals surface area contributed by atoms with Crippen LogP contribution in [0.4, 0.5) is 5.69 Å². The van der Waals surface area contributed by atoms with Crippen LogP contribution in [0.5, 0.6) is 5.75 Å². The summed E-state index contributed by atoms with van der Waals surface area (Å²) in [7, 11) is -1.98. The molecule has 4 fully saturated rings. The number of benzene rings is 2. The number of carbonyl (C=O) groups is 1. The lowest BCUT2D eigenvalue weighted by Crippen LogP contribution is -2.48. The predicted molar refractivity (Wildman–Crippen MR) is 157 cm³/mol. The van der Waals surface area contributed by atoms with E-state index in [2.05, 4.69) is 37.4 Å². The fourth-order valence-corrected chi connectivity index (χ4v) is 9.01. The van der Waals surface area contributed by atoms with E-state index in [4.69, 9.17) is 4.74 Å². The average molecular weight is 553 g/mol. The van der Waals surface area contributed by atoms with Gasteiger partial charge in [0.1, 0.15) is 12.3 Å². The SMILES string of the molecule is COc1cc(C)c(C(C)NC(=O)CN(c2ccc(C34CC5CC(CC(C5)C3)C4)cc2)S(C)(=O)=O)cc1C(C)C. The van der Waals surface area contributed by atoms with Gasteiger partial charge in [-0.3, -0.25) is 9.10 Å². The van der Waals surface area contributed by atoms with Gasteiger partial charge in [-0.15, -0.1) is 0 Å². The summed E-state index contributed by atoms with van der Waals surface area (Å²) in [5.41, 5.74) is 5.23. The molecule has 6 rings (SSSR count). The fraction of sp³-hybridized carbons (Fsp3) is 0.594. The predicted octanol–water partition coefficient (Wildman–Crippen LogP) is 6.24. The zero-order valence-electron chi connectivity index (χ0n) is 24.3. The molecule has 0 aliphatic heterocycles. The van der Waals surface area contributed by atoms with Crippen LogP contribution in [-0.4, -0.2) is 34.2 Å². The second-order valence-electron chi connectivity index (χ2n) is 12.9. The van der Waals surface area contributed by atoms with Crippen molar-refractivity contribution in [3.8, 4) is 5.75 Å². The minimum Gasteiger partial charge on any atom is -0.496 e. The van der Waals surface area contributed by atoms with Crippen molar-refractivity contribution in [1.82, 2.24) is 5.32 Å². The first-order chi connectivity index (χ1) is 18.4. The topological polar surface area (TPSA) is 75.7 Å². The van der Waals surface area contributed by atoms with Gasteiger partial charge in [-0.25, -0.2) is 8.42 Å². The molecule has 4 aliphatic rings. The number of ether oxygens (including phenoxy) is 1. The number of rotatable bonds is 9. The number of nitrogens with zero attached hydrogens (tertiary/aromatic N) is 1. The molecule has 212 valence electrons. The molecule has 2 aromatic carbocycles. The Balaban J connectivity index is 1.32. The van der Waals surface area contributed by atoms with Crippen molar-refractivity contribution in [3.05, 3.63) is 58.7 Å². The highest BCUT2D eigenvalue weighted by molar-refractivity contribution is 7.92. The molecule has 39 heavy (non-hydrogen) atoms. The molecule has 4 aliphatic carbocycles. The third-order valence-electron chi connectivity index (χ3n) is 9.58. The van der Waals surface area contributed by atoms with Gasteiger partial charge < -0.3 is 10.1 Å². The van der Waals surface area contributed by atoms with Crippen LogP contribution < -0.4 is 14.4 Å². The van der Waals surface area contributed by atoms with E-state index in [0.29, 0.717) is 5.69 Å². The number of hydrogen-bond donors (Lipinski definition) is 1. The first-order valence-corrected chi connectivity index (χ1v) is 16.3. The van der Waals surface area contributed by atoms with Gasteiger partial charge in [0, 0.05) is 0 Å². The van der Waals surface area contributed by atoms with Gasteiger partial charge in [0.05, 0.1) is 25.1 Å². The number of methoxy groups -OCH3 is 1. The first-order valence-electron chi connectivity index (χ1n) is 14.4. The third-order valence-corrected chi connectivity index (χ3v) is 10.7. The van der Waals surface area contributed by atoms with Crippen molar-refractivity contribution < 1.29 is 17.9 Å². The van der Waals surface area contributed by atoms with Gasteiger partial charge in [0.15, 0.2) is 0 Å². The Morgan fingerprint density at radius 3 is 2.05 bits per heavy atom. The Bertz CT molecular complexity index is 1300. The Hall–Kier alpha value is -2.54. The number of nitrogens with one attached hydrogen (secondary N) is 1. The highest BCUT2D eigenvalue weighted by atomic mass is 32.2. The minimum atomic E-state index is -3.65. The van der Waals surface area contributed by atoms with E-state index < -0.39 is 10.0 Å². The number of amides is 1. The molecule has 4 bridgehead atoms. The Morgan fingerprint density at radius 2 is 1.56 bits per heavy atom. The average Bonchev–Trinajstić information content (AvgIpc) is 2.85. The van der Waals surface area contributed by atoms with Crippen molar-refractivity contribution in [2.45, 2.75) is 83.6 Å². The van der Waals surface area contributed by atoms with Gasteiger partial charge in [0.2, 0.25) is 15.9 Å². The van der Waals surface area contributed by atoms with Gasteiger partial charge in [-0.1, -0.05) is 26.0 Å². The van der Waals surface area contributed by atoms with Crippen molar-refractivity contribution >= 4 is 21.6 Å². The molecule has 0 spiro atoms. The van der Waals surface area contributed by atoms with Gasteiger partial charge in [-0.05, 0) is 128 Å². The summed E-state index contributed by atoms with van der Waals surface area (Å²) < 4.78 is 32.4. The summed E-state index contributed by atoms with van der Waals surface area (Å²) in [6.45, 7) is 7.89. The zero-order chi connectivity index (χ0) is 28.1. The van der Waals surface area contributed by atoms with Gasteiger partial charge in [-0.2, -0.15) is 0 Å². The summed E-state index contributed by atoms with van der Waals surface area (Å²) in [5, 5.41) is 3.03. The molecule has 0 radical (unpaired) electrons. The van der Waals surface area contributed by atoms with E-state index in [9.17, 15) is 13.2 Å². The summed E-state index contributed by atoms with van der Waals surface area (Å²) >= 11 is 0. The Kier molecular flexibility index (Phi) is 7.51. The first kappa shape index (κ1) is 28.0. The van der Waals surface area contributed by atoms with Crippen LogP contribution in [0.15, 0.2) is 36.4 Å². The monoisotopic (exact) mass is 552 g/mol. The van der Waals surface area contributed by atoms with Crippen LogP contribution in [0.2, 0.25) is 0 Å². The molecule has 7 heteroatoms. The van der Waals surface area contributed by atoms with Crippen molar-refractivity contribution in [2.75, 3.05) is 24.2 Å². The Morgan fingerprint density at radius 1 is 1.00 bits per heavy atom. The fourth-order valence-electron chi connectivity index (χ4n) is 8.15. The van der Waals surface area contributed by atoms with Crippen molar-refractivity contribution in [1.29, 1.82) is 0 Å². The van der Waals surface area contributed by atoms with Crippen LogP contribution >= 0.6 is 0 Å². The van der Waals surface area contributed by atoms with Crippen LogP contribution in [0.1, 0.15) is 93.5 Å². The maximum atomic E-state index is 13.2. The number of hydrogen-bond acceptors (Lipinski definition) is 4. The maximum Gasteiger partial charge on any atom is 0.241 e. The van der Waals surface area contributed by atoms with Gasteiger partial charge in [0.25, 0.3) is 0 Å². The lowest BCUT2D eigenvalue weighted by atomic mass is 9.48. The standard InChI is InChI=1S/C32H44N2O4S/c1-20(2)28-15-29(21(3)11-30(28)38-5)22(4)33-31(35)19-34(39(6,36)37)27-9-7-26(8-10-27)32-16-23-12-24(17-32)14-25(13-23)18-32/h7-11,15,20,22-25H,12-14,16-19H2,1-6H3,(H,33,35). The molecular weight excluding hydrogens is 508 g/mol. The summed E-state index contributed by atoms with van der Waals surface area (Å²) in [4.78, 5) is 13.2. The highest BCUT2D eigenvalue weighted by Gasteiger charge is 2.51. The molecule has 1 amide bonds. The molecule has 1 atom stereocenters. The maximum absolute atomic E-state index is 13.2. The van der Waals surface area contributed by atoms with Crippen molar-refractivity contribution in [2.24, 2.45) is 17.8 Å². The molecule has 6 nitrogen and oxygen atoms in total. The number of carbonyl (C=O) groups excluding carboxylic acids is 1. The minimum absolute atomic E-state index is 0.251. The van der Waals surface area contributed by atoms with E-state index in [-0.39, 0.29) is 29.8 Å². The smallest absolute Gasteiger partial charge is 0.241 e. The normalized spacial score (nSPS) is 26.5. The van der Waals surface area contributed by atoms with E-state index >= 15 is 0 Å². The Labute approximate surface area is 234 Å². The van der Waals surface area contributed by atoms with E-state index in [1.54, 1.807) is 7.11 Å². The molecule has 1 unspecified atom stereocenters. The lowest BCUT2D eigenvalue weighted by Gasteiger charge is -2.57. The summed E-state index contributed by atoms with van der Waals surface area (Å²) in [6, 6.07) is 11.8. The van der Waals surface area contributed by atoms with Crippen LogP contribution in [-0.2, 0) is 20.2 Å².